The average molecular weight is 305 g/mol. The highest BCUT2D eigenvalue weighted by Crippen LogP contribution is 2.37. The Hall–Kier alpha value is -1.46. The van der Waals surface area contributed by atoms with Gasteiger partial charge in [-0.25, -0.2) is 0 Å². The maximum Gasteiger partial charge on any atom is 0.124 e. The van der Waals surface area contributed by atoms with Gasteiger partial charge in [0.2, 0.25) is 0 Å². The lowest BCUT2D eigenvalue weighted by atomic mass is 9.88. The molecule has 5 heteroatoms. The normalized spacial score (nSPS) is 13.2. The van der Waals surface area contributed by atoms with Crippen molar-refractivity contribution in [2.45, 2.75) is 39.2 Å². The minimum absolute atomic E-state index is 0.0332. The first kappa shape index (κ1) is 15.9. The molecule has 0 radical (unpaired) electrons. The van der Waals surface area contributed by atoms with Gasteiger partial charge in [-0.3, -0.25) is 0 Å². The highest BCUT2D eigenvalue weighted by molar-refractivity contribution is 7.05. The number of nitrogens with one attached hydrogen (secondary N) is 1. The van der Waals surface area contributed by atoms with E-state index in [-0.39, 0.29) is 11.5 Å². The van der Waals surface area contributed by atoms with Crippen LogP contribution in [0.2, 0.25) is 0 Å². The number of methoxy groups -OCH3 is 1. The SMILES string of the molecule is CNC(c1cc(C)ccc1OC)c1snnc1C(C)(C)C. The summed E-state index contributed by atoms with van der Waals surface area (Å²) in [5, 5.41) is 7.73. The molecule has 1 N–H and O–H groups in total. The van der Waals surface area contributed by atoms with Gasteiger partial charge in [0.1, 0.15) is 5.75 Å². The molecule has 2 rings (SSSR count). The van der Waals surface area contributed by atoms with E-state index in [0.717, 1.165) is 21.9 Å². The van der Waals surface area contributed by atoms with Gasteiger partial charge in [0.05, 0.1) is 23.7 Å². The third-order valence-corrected chi connectivity index (χ3v) is 4.26. The van der Waals surface area contributed by atoms with Crippen molar-refractivity contribution in [2.75, 3.05) is 14.2 Å². The molecule has 2 aromatic rings. The van der Waals surface area contributed by atoms with Crippen LogP contribution in [0.3, 0.4) is 0 Å². The minimum atomic E-state index is -0.0332. The van der Waals surface area contributed by atoms with Crippen LogP contribution in [0.25, 0.3) is 0 Å². The predicted octanol–water partition coefficient (Wildman–Crippen LogP) is 3.46. The lowest BCUT2D eigenvalue weighted by molar-refractivity contribution is 0.405. The van der Waals surface area contributed by atoms with Crippen molar-refractivity contribution in [3.8, 4) is 5.75 Å². The van der Waals surface area contributed by atoms with Gasteiger partial charge in [0.25, 0.3) is 0 Å². The molecule has 0 saturated carbocycles. The molecule has 4 nitrogen and oxygen atoms in total. The van der Waals surface area contributed by atoms with Crippen molar-refractivity contribution in [3.63, 3.8) is 0 Å². The summed E-state index contributed by atoms with van der Waals surface area (Å²) in [5.41, 5.74) is 3.34. The van der Waals surface area contributed by atoms with E-state index in [0.29, 0.717) is 0 Å². The van der Waals surface area contributed by atoms with Crippen LogP contribution in [-0.2, 0) is 5.41 Å². The zero-order valence-electron chi connectivity index (χ0n) is 13.5. The lowest BCUT2D eigenvalue weighted by Crippen LogP contribution is -2.23. The summed E-state index contributed by atoms with van der Waals surface area (Å²) < 4.78 is 9.70. The number of rotatable bonds is 4. The minimum Gasteiger partial charge on any atom is -0.496 e. The van der Waals surface area contributed by atoms with Crippen LogP contribution in [0.1, 0.15) is 48.5 Å². The van der Waals surface area contributed by atoms with Gasteiger partial charge in [-0.2, -0.15) is 0 Å². The van der Waals surface area contributed by atoms with Crippen molar-refractivity contribution in [3.05, 3.63) is 39.9 Å². The number of aromatic nitrogens is 2. The van der Waals surface area contributed by atoms with Gasteiger partial charge in [0.15, 0.2) is 0 Å². The van der Waals surface area contributed by atoms with Gasteiger partial charge >= 0.3 is 0 Å². The Balaban J connectivity index is 2.56. The summed E-state index contributed by atoms with van der Waals surface area (Å²) in [6, 6.07) is 6.27. The van der Waals surface area contributed by atoms with E-state index in [2.05, 4.69) is 54.7 Å². The molecular weight excluding hydrogens is 282 g/mol. The van der Waals surface area contributed by atoms with Crippen molar-refractivity contribution in [1.29, 1.82) is 0 Å². The number of nitrogens with zero attached hydrogens (tertiary/aromatic N) is 2. The molecule has 1 aromatic carbocycles. The topological polar surface area (TPSA) is 47.0 Å². The van der Waals surface area contributed by atoms with Crippen LogP contribution < -0.4 is 10.1 Å². The molecule has 0 spiro atoms. The highest BCUT2D eigenvalue weighted by Gasteiger charge is 2.28. The van der Waals surface area contributed by atoms with Crippen LogP contribution in [0.5, 0.6) is 5.75 Å². The number of benzene rings is 1. The molecule has 0 bridgehead atoms. The van der Waals surface area contributed by atoms with E-state index in [4.69, 9.17) is 4.74 Å². The van der Waals surface area contributed by atoms with Crippen molar-refractivity contribution < 1.29 is 4.74 Å². The van der Waals surface area contributed by atoms with Gasteiger partial charge < -0.3 is 10.1 Å². The Labute approximate surface area is 130 Å². The number of hydrogen-bond donors (Lipinski definition) is 1. The largest absolute Gasteiger partial charge is 0.496 e. The molecule has 21 heavy (non-hydrogen) atoms. The van der Waals surface area contributed by atoms with Crippen LogP contribution in [0.15, 0.2) is 18.2 Å². The quantitative estimate of drug-likeness (QED) is 0.939. The van der Waals surface area contributed by atoms with Crippen molar-refractivity contribution >= 4 is 11.5 Å². The number of ether oxygens (including phenoxy) is 1. The first-order valence-corrected chi connectivity index (χ1v) is 7.80. The fourth-order valence-corrected chi connectivity index (χ4v) is 3.41. The Morgan fingerprint density at radius 3 is 2.57 bits per heavy atom. The molecular formula is C16H23N3OS. The summed E-state index contributed by atoms with van der Waals surface area (Å²) in [4.78, 5) is 1.15. The van der Waals surface area contributed by atoms with Gasteiger partial charge in [-0.1, -0.05) is 43.0 Å². The Kier molecular flexibility index (Phi) is 4.64. The molecule has 0 aliphatic heterocycles. The third kappa shape index (κ3) is 3.24. The standard InChI is InChI=1S/C16H23N3OS/c1-10-7-8-12(20-6)11(9-10)13(17-5)14-15(16(2,3)4)18-19-21-14/h7-9,13,17H,1-6H3. The second kappa shape index (κ2) is 6.12. The van der Waals surface area contributed by atoms with Gasteiger partial charge in [-0.05, 0) is 31.6 Å². The molecule has 0 aliphatic rings. The Morgan fingerprint density at radius 2 is 2.00 bits per heavy atom. The molecule has 0 saturated heterocycles. The van der Waals surface area contributed by atoms with Crippen LogP contribution in [0.4, 0.5) is 0 Å². The maximum absolute atomic E-state index is 5.53. The molecule has 1 unspecified atom stereocenters. The summed E-state index contributed by atoms with van der Waals surface area (Å²) in [6.07, 6.45) is 0. The van der Waals surface area contributed by atoms with E-state index < -0.39 is 0 Å². The molecule has 0 aliphatic carbocycles. The van der Waals surface area contributed by atoms with Crippen molar-refractivity contribution in [2.24, 2.45) is 0 Å². The fraction of sp³-hybridized carbons (Fsp3) is 0.500. The molecule has 0 amide bonds. The fourth-order valence-electron chi connectivity index (χ4n) is 2.41. The first-order valence-electron chi connectivity index (χ1n) is 7.03. The zero-order valence-corrected chi connectivity index (χ0v) is 14.3. The molecule has 1 heterocycles. The van der Waals surface area contributed by atoms with E-state index in [1.165, 1.54) is 17.1 Å². The monoisotopic (exact) mass is 305 g/mol. The Morgan fingerprint density at radius 1 is 1.29 bits per heavy atom. The average Bonchev–Trinajstić information content (AvgIpc) is 2.89. The van der Waals surface area contributed by atoms with Gasteiger partial charge in [0, 0.05) is 11.0 Å². The van der Waals surface area contributed by atoms with Crippen LogP contribution in [0, 0.1) is 6.92 Å². The zero-order chi connectivity index (χ0) is 15.6. The Bertz CT molecular complexity index is 616. The smallest absolute Gasteiger partial charge is 0.124 e. The van der Waals surface area contributed by atoms with E-state index in [1.807, 2.05) is 13.1 Å². The summed E-state index contributed by atoms with van der Waals surface area (Å²) in [7, 11) is 3.66. The number of aryl methyl sites for hydroxylation is 1. The summed E-state index contributed by atoms with van der Waals surface area (Å²) in [6.45, 7) is 8.57. The number of hydrogen-bond acceptors (Lipinski definition) is 5. The molecule has 1 aromatic heterocycles. The summed E-state index contributed by atoms with van der Waals surface area (Å²) in [5.74, 6) is 0.883. The predicted molar refractivity (Wildman–Crippen MR) is 87.2 cm³/mol. The molecule has 1 atom stereocenters. The third-order valence-electron chi connectivity index (χ3n) is 3.47. The first-order chi connectivity index (χ1) is 9.88. The van der Waals surface area contributed by atoms with Crippen LogP contribution in [-0.4, -0.2) is 23.7 Å². The summed E-state index contributed by atoms with van der Waals surface area (Å²) >= 11 is 1.45. The van der Waals surface area contributed by atoms with Crippen LogP contribution >= 0.6 is 11.5 Å². The van der Waals surface area contributed by atoms with Crippen molar-refractivity contribution in [1.82, 2.24) is 14.9 Å². The van der Waals surface area contributed by atoms with E-state index in [9.17, 15) is 0 Å². The second-order valence-electron chi connectivity index (χ2n) is 6.20. The maximum atomic E-state index is 5.53. The van der Waals surface area contributed by atoms with Gasteiger partial charge in [-0.15, -0.1) is 5.10 Å². The lowest BCUT2D eigenvalue weighted by Gasteiger charge is -2.23. The molecule has 114 valence electrons. The highest BCUT2D eigenvalue weighted by atomic mass is 32.1. The van der Waals surface area contributed by atoms with E-state index in [1.54, 1.807) is 7.11 Å². The van der Waals surface area contributed by atoms with E-state index >= 15 is 0 Å². The second-order valence-corrected chi connectivity index (χ2v) is 6.99. The molecule has 0 fully saturated rings.